The second kappa shape index (κ2) is 10.8. The third-order valence-corrected chi connectivity index (χ3v) is 2.52. The summed E-state index contributed by atoms with van der Waals surface area (Å²) in [7, 11) is 0. The number of carbonyl (C=O) groups is 2. The number of carboxylic acid groups (broad SMARTS) is 2. The minimum absolute atomic E-state index is 0. The Kier molecular flexibility index (Phi) is 11.6. The first-order valence-electron chi connectivity index (χ1n) is 4.62. The molecule has 0 atom stereocenters. The molecule has 0 fully saturated rings. The minimum Gasteiger partial charge on any atom is -0.480 e. The Morgan fingerprint density at radius 2 is 1.60 bits per heavy atom. The Hall–Kier alpha value is -0.911. The van der Waals surface area contributed by atoms with Crippen LogP contribution < -0.4 is 4.74 Å². The fraction of sp³-hybridized carbons (Fsp3) is 0.0909. The monoisotopic (exact) mass is 389 g/mol. The first-order valence-corrected chi connectivity index (χ1v) is 5.75. The van der Waals surface area contributed by atoms with Crippen molar-refractivity contribution < 1.29 is 41.6 Å². The van der Waals surface area contributed by atoms with Gasteiger partial charge in [0.2, 0.25) is 0 Å². The Balaban J connectivity index is 0. The van der Waals surface area contributed by atoms with Gasteiger partial charge in [0.1, 0.15) is 5.75 Å². The minimum atomic E-state index is -1.09. The smallest absolute Gasteiger partial charge is 0.341 e. The van der Waals surface area contributed by atoms with Gasteiger partial charge in [-0.1, -0.05) is 41.4 Å². The second-order valence-corrected chi connectivity index (χ2v) is 4.14. The molecule has 5 nitrogen and oxygen atoms in total. The van der Waals surface area contributed by atoms with Gasteiger partial charge in [0.15, 0.2) is 6.61 Å². The van der Waals surface area contributed by atoms with Gasteiger partial charge >= 0.3 is 11.9 Å². The summed E-state index contributed by atoms with van der Waals surface area (Å²) < 4.78 is 4.86. The van der Waals surface area contributed by atoms with Gasteiger partial charge < -0.3 is 14.9 Å². The van der Waals surface area contributed by atoms with E-state index in [0.29, 0.717) is 5.02 Å². The summed E-state index contributed by atoms with van der Waals surface area (Å²) in [6.45, 7) is 2.49. The van der Waals surface area contributed by atoms with Crippen molar-refractivity contribution in [2.45, 2.75) is 0 Å². The largest absolute Gasteiger partial charge is 0.480 e. The number of benzene rings is 1. The molecule has 0 aliphatic carbocycles. The van der Waals surface area contributed by atoms with Crippen molar-refractivity contribution in [3.05, 3.63) is 39.9 Å². The van der Waals surface area contributed by atoms with E-state index in [1.165, 1.54) is 12.1 Å². The molecule has 1 radical (unpaired) electrons. The van der Waals surface area contributed by atoms with Crippen LogP contribution in [0.15, 0.2) is 24.8 Å². The molecule has 0 amide bonds. The van der Waals surface area contributed by atoms with Crippen LogP contribution in [-0.4, -0.2) is 28.8 Å². The number of carboxylic acids is 2. The van der Waals surface area contributed by atoms with Gasteiger partial charge in [0.25, 0.3) is 0 Å². The number of rotatable bonds is 4. The molecule has 0 saturated carbocycles. The molecule has 1 aromatic carbocycles. The van der Waals surface area contributed by atoms with Crippen molar-refractivity contribution in [1.29, 1.82) is 0 Å². The summed E-state index contributed by atoms with van der Waals surface area (Å²) >= 11 is 17.1. The van der Waals surface area contributed by atoms with Gasteiger partial charge in [0.05, 0.1) is 15.1 Å². The van der Waals surface area contributed by atoms with Crippen LogP contribution in [0.4, 0.5) is 0 Å². The third kappa shape index (κ3) is 9.07. The van der Waals surface area contributed by atoms with Crippen LogP contribution in [0, 0.1) is 0 Å². The summed E-state index contributed by atoms with van der Waals surface area (Å²) in [5.41, 5.74) is 0. The molecule has 9 heteroatoms. The molecule has 1 aromatic rings. The molecule has 0 aliphatic rings. The normalized spacial score (nSPS) is 8.55. The van der Waals surface area contributed by atoms with E-state index in [9.17, 15) is 9.59 Å². The summed E-state index contributed by atoms with van der Waals surface area (Å²) in [4.78, 5) is 19.5. The zero-order valence-corrected chi connectivity index (χ0v) is 12.9. The van der Waals surface area contributed by atoms with Gasteiger partial charge in [-0.3, -0.25) is 0 Å². The van der Waals surface area contributed by atoms with E-state index < -0.39 is 18.5 Å². The Labute approximate surface area is 140 Å². The molecule has 0 unspecified atom stereocenters. The van der Waals surface area contributed by atoms with Crippen molar-refractivity contribution in [3.8, 4) is 5.75 Å². The van der Waals surface area contributed by atoms with Crippen molar-refractivity contribution in [3.63, 3.8) is 0 Å². The van der Waals surface area contributed by atoms with E-state index >= 15 is 0 Å². The number of hydrogen-bond donors (Lipinski definition) is 2. The van der Waals surface area contributed by atoms with Crippen LogP contribution in [0.3, 0.4) is 0 Å². The van der Waals surface area contributed by atoms with E-state index in [-0.39, 0.29) is 32.9 Å². The summed E-state index contributed by atoms with van der Waals surface area (Å²) in [6.07, 6.45) is 0.833. The molecule has 0 aliphatic heterocycles. The van der Waals surface area contributed by atoms with E-state index in [1.807, 2.05) is 0 Å². The van der Waals surface area contributed by atoms with E-state index in [0.717, 1.165) is 6.08 Å². The summed E-state index contributed by atoms with van der Waals surface area (Å²) in [5.74, 6) is -1.87. The molecule has 2 N–H and O–H groups in total. The SMILES string of the molecule is C=CC(=O)O.O=C(O)COc1cc(Cl)c(Cl)cc1Cl.[Cu]. The zero-order chi connectivity index (χ0) is 15.0. The standard InChI is InChI=1S/C8H5Cl3O3.C3H4O2.Cu/c9-4-1-6(11)7(2-5(4)10)14-3-8(12)13;1-2-3(4)5;/h1-2H,3H2,(H,12,13);2H,1H2,(H,4,5);. The molecule has 0 bridgehead atoms. The third-order valence-electron chi connectivity index (χ3n) is 1.50. The van der Waals surface area contributed by atoms with Crippen molar-refractivity contribution in [1.82, 2.24) is 0 Å². The van der Waals surface area contributed by atoms with Crippen LogP contribution >= 0.6 is 34.8 Å². The average Bonchev–Trinajstić information content (AvgIpc) is 2.32. The van der Waals surface area contributed by atoms with Gasteiger partial charge in [0, 0.05) is 29.2 Å². The first kappa shape index (κ1) is 21.4. The molecule has 0 aromatic heterocycles. The van der Waals surface area contributed by atoms with Crippen LogP contribution in [0.5, 0.6) is 5.75 Å². The van der Waals surface area contributed by atoms with E-state index in [4.69, 9.17) is 49.8 Å². The van der Waals surface area contributed by atoms with Crippen molar-refractivity contribution in [2.75, 3.05) is 6.61 Å². The van der Waals surface area contributed by atoms with Crippen molar-refractivity contribution in [2.24, 2.45) is 0 Å². The average molecular weight is 391 g/mol. The topological polar surface area (TPSA) is 83.8 Å². The summed E-state index contributed by atoms with van der Waals surface area (Å²) in [6, 6.07) is 2.76. The Morgan fingerprint density at radius 1 is 1.15 bits per heavy atom. The predicted molar refractivity (Wildman–Crippen MR) is 72.4 cm³/mol. The fourth-order valence-corrected chi connectivity index (χ4v) is 1.35. The quantitative estimate of drug-likeness (QED) is 0.467. The number of halogens is 3. The van der Waals surface area contributed by atoms with Gasteiger partial charge in [-0.25, -0.2) is 9.59 Å². The zero-order valence-electron chi connectivity index (χ0n) is 9.70. The van der Waals surface area contributed by atoms with Crippen LogP contribution in [-0.2, 0) is 26.7 Å². The maximum atomic E-state index is 10.2. The summed E-state index contributed by atoms with van der Waals surface area (Å²) in [5, 5.41) is 16.7. The number of hydrogen-bond acceptors (Lipinski definition) is 3. The molecular weight excluding hydrogens is 382 g/mol. The van der Waals surface area contributed by atoms with Crippen LogP contribution in [0.2, 0.25) is 15.1 Å². The van der Waals surface area contributed by atoms with E-state index in [1.54, 1.807) is 0 Å². The van der Waals surface area contributed by atoms with Gasteiger partial charge in [-0.05, 0) is 6.07 Å². The predicted octanol–water partition coefficient (Wildman–Crippen LogP) is 3.36. The van der Waals surface area contributed by atoms with Gasteiger partial charge in [-0.15, -0.1) is 0 Å². The molecule has 0 spiro atoms. The Morgan fingerprint density at radius 3 is 2.00 bits per heavy atom. The molecule has 20 heavy (non-hydrogen) atoms. The Bertz CT molecular complexity index is 493. The van der Waals surface area contributed by atoms with Gasteiger partial charge in [-0.2, -0.15) is 0 Å². The van der Waals surface area contributed by atoms with Crippen LogP contribution in [0.1, 0.15) is 0 Å². The molecule has 0 saturated heterocycles. The molecule has 115 valence electrons. The second-order valence-electron chi connectivity index (χ2n) is 2.92. The maximum absolute atomic E-state index is 10.2. The molecular formula is C11H9Cl3CuO5. The van der Waals surface area contributed by atoms with Crippen molar-refractivity contribution >= 4 is 46.7 Å². The maximum Gasteiger partial charge on any atom is 0.341 e. The van der Waals surface area contributed by atoms with Crippen LogP contribution in [0.25, 0.3) is 0 Å². The molecule has 1 rings (SSSR count). The number of ether oxygens (including phenoxy) is 1. The van der Waals surface area contributed by atoms with E-state index in [2.05, 4.69) is 6.58 Å². The first-order chi connectivity index (χ1) is 8.77. The molecule has 0 heterocycles. The fourth-order valence-electron chi connectivity index (χ4n) is 0.754. The number of aliphatic carboxylic acids is 2.